The number of anilines is 1. The number of ether oxygens (including phenoxy) is 1. The zero-order valence-electron chi connectivity index (χ0n) is 28.0. The second kappa shape index (κ2) is 15.5. The number of carboxylic acid groups (broad SMARTS) is 1. The van der Waals surface area contributed by atoms with Gasteiger partial charge in [-0.3, -0.25) is 9.59 Å². The highest BCUT2D eigenvalue weighted by Gasteiger charge is 2.37. The van der Waals surface area contributed by atoms with Gasteiger partial charge < -0.3 is 39.9 Å². The number of likely N-dealkylation sites (tertiary alicyclic amines) is 3. The predicted molar refractivity (Wildman–Crippen MR) is 184 cm³/mol. The molecule has 0 saturated carbocycles. The zero-order valence-corrected chi connectivity index (χ0v) is 28.0. The van der Waals surface area contributed by atoms with Crippen molar-refractivity contribution in [1.29, 1.82) is 0 Å². The van der Waals surface area contributed by atoms with E-state index in [1.54, 1.807) is 21.9 Å². The van der Waals surface area contributed by atoms with Crippen molar-refractivity contribution in [3.8, 4) is 5.75 Å². The highest BCUT2D eigenvalue weighted by molar-refractivity contribution is 6.34. The van der Waals surface area contributed by atoms with E-state index in [1.807, 2.05) is 29.2 Å². The number of fused-ring (bicyclic) bond motifs is 1. The molecule has 3 saturated heterocycles. The number of rotatable bonds is 9. The molecular weight excluding hydrogens is 625 g/mol. The first-order chi connectivity index (χ1) is 23.6. The number of benzene rings is 2. The van der Waals surface area contributed by atoms with Crippen LogP contribution in [0, 0.1) is 11.8 Å². The third kappa shape index (κ3) is 8.49. The molecule has 3 fully saturated rings. The van der Waals surface area contributed by atoms with Crippen LogP contribution in [-0.4, -0.2) is 126 Å². The van der Waals surface area contributed by atoms with Gasteiger partial charge in [0.05, 0.1) is 6.42 Å². The van der Waals surface area contributed by atoms with Gasteiger partial charge in [-0.05, 0) is 80.2 Å². The average Bonchev–Trinajstić information content (AvgIpc) is 3.51. The molecule has 0 aliphatic carbocycles. The number of nitrogens with zero attached hydrogens (tertiary/aromatic N) is 4. The summed E-state index contributed by atoms with van der Waals surface area (Å²) in [5, 5.41) is 22.0. The van der Waals surface area contributed by atoms with Crippen molar-refractivity contribution >= 4 is 43.0 Å². The molecule has 13 heteroatoms. The lowest BCUT2D eigenvalue weighted by Crippen LogP contribution is -2.51. The number of aliphatic carboxylic acids is 1. The van der Waals surface area contributed by atoms with Crippen LogP contribution in [0.15, 0.2) is 42.5 Å². The Morgan fingerprint density at radius 2 is 1.63 bits per heavy atom. The summed E-state index contributed by atoms with van der Waals surface area (Å²) < 4.78 is 5.98. The van der Waals surface area contributed by atoms with Gasteiger partial charge in [-0.15, -0.1) is 0 Å². The molecule has 2 aromatic rings. The van der Waals surface area contributed by atoms with E-state index in [2.05, 4.69) is 10.2 Å². The number of urea groups is 1. The van der Waals surface area contributed by atoms with Crippen molar-refractivity contribution in [3.05, 3.63) is 53.6 Å². The lowest BCUT2D eigenvalue weighted by atomic mass is 9.83. The number of aromatic hydroxyl groups is 1. The van der Waals surface area contributed by atoms with E-state index in [1.165, 1.54) is 6.07 Å². The highest BCUT2D eigenvalue weighted by Crippen LogP contribution is 2.32. The number of phenols is 1. The number of carbonyl (C=O) groups is 4. The van der Waals surface area contributed by atoms with Gasteiger partial charge in [0.25, 0.3) is 5.91 Å². The minimum Gasteiger partial charge on any atom is -0.509 e. The van der Waals surface area contributed by atoms with Crippen LogP contribution in [0.2, 0.25) is 0 Å². The Hall–Kier alpha value is -4.26. The van der Waals surface area contributed by atoms with Crippen molar-refractivity contribution in [1.82, 2.24) is 19.6 Å². The molecule has 260 valence electrons. The number of nitrogens with one attached hydrogen (secondary N) is 1. The number of hydrogen-bond donors (Lipinski definition) is 3. The molecule has 0 bridgehead atoms. The number of carboxylic acids is 1. The monoisotopic (exact) mass is 671 g/mol. The normalized spacial score (nSPS) is 21.5. The number of phenolic OH excluding ortho intramolecular Hbond substituents is 1. The summed E-state index contributed by atoms with van der Waals surface area (Å²) in [7, 11) is 5.94. The fraction of sp³-hybridized carbons (Fsp3) is 0.556. The van der Waals surface area contributed by atoms with Gasteiger partial charge in [-0.25, -0.2) is 9.59 Å². The van der Waals surface area contributed by atoms with Gasteiger partial charge in [-0.2, -0.15) is 0 Å². The van der Waals surface area contributed by atoms with Crippen LogP contribution in [0.25, 0.3) is 0 Å². The Kier molecular flexibility index (Phi) is 11.0. The van der Waals surface area contributed by atoms with Crippen LogP contribution in [-0.2, 0) is 27.2 Å². The topological polar surface area (TPSA) is 143 Å². The van der Waals surface area contributed by atoms with Crippen LogP contribution in [0.3, 0.4) is 0 Å². The molecule has 2 radical (unpaired) electrons. The Morgan fingerprint density at radius 3 is 2.37 bits per heavy atom. The van der Waals surface area contributed by atoms with Crippen molar-refractivity contribution in [2.24, 2.45) is 11.8 Å². The van der Waals surface area contributed by atoms with Crippen molar-refractivity contribution in [2.75, 3.05) is 57.7 Å². The van der Waals surface area contributed by atoms with Crippen molar-refractivity contribution < 1.29 is 34.1 Å². The molecule has 4 heterocycles. The van der Waals surface area contributed by atoms with Crippen LogP contribution in [0.5, 0.6) is 5.75 Å². The van der Waals surface area contributed by atoms with E-state index in [9.17, 15) is 24.3 Å². The van der Waals surface area contributed by atoms with E-state index >= 15 is 0 Å². The molecule has 2 aromatic carbocycles. The third-order valence-corrected chi connectivity index (χ3v) is 10.8. The van der Waals surface area contributed by atoms with Gasteiger partial charge in [0, 0.05) is 64.0 Å². The Balaban J connectivity index is 1.05. The molecule has 4 aliphatic heterocycles. The number of carbonyl (C=O) groups excluding carboxylic acids is 3. The van der Waals surface area contributed by atoms with Crippen LogP contribution >= 0.6 is 0 Å². The first kappa shape index (κ1) is 34.6. The van der Waals surface area contributed by atoms with Gasteiger partial charge >= 0.3 is 18.1 Å². The lowest BCUT2D eigenvalue weighted by Gasteiger charge is -2.38. The molecule has 4 aliphatic rings. The van der Waals surface area contributed by atoms with Crippen LogP contribution < -0.4 is 10.8 Å². The third-order valence-electron chi connectivity index (χ3n) is 10.8. The molecule has 0 aromatic heterocycles. The number of piperidine rings is 2. The Bertz CT molecular complexity index is 1520. The summed E-state index contributed by atoms with van der Waals surface area (Å²) in [4.78, 5) is 59.1. The van der Waals surface area contributed by atoms with Crippen LogP contribution in [0.4, 0.5) is 15.3 Å². The van der Waals surface area contributed by atoms with E-state index in [-0.39, 0.29) is 42.0 Å². The summed E-state index contributed by atoms with van der Waals surface area (Å²) in [5.41, 5.74) is 2.81. The number of para-hydroxylation sites is 1. The van der Waals surface area contributed by atoms with Crippen molar-refractivity contribution in [3.63, 3.8) is 0 Å². The second-order valence-corrected chi connectivity index (χ2v) is 13.9. The second-order valence-electron chi connectivity index (χ2n) is 13.9. The maximum atomic E-state index is 14.0. The molecule has 3 N–H and O–H groups in total. The zero-order chi connectivity index (χ0) is 34.5. The molecule has 0 spiro atoms. The molecule has 6 rings (SSSR count). The predicted octanol–water partition coefficient (Wildman–Crippen LogP) is 2.82. The molecule has 2 atom stereocenters. The maximum absolute atomic E-state index is 14.0. The summed E-state index contributed by atoms with van der Waals surface area (Å²) in [6, 6.07) is 12.4. The largest absolute Gasteiger partial charge is 0.509 e. The fourth-order valence-corrected chi connectivity index (χ4v) is 7.92. The maximum Gasteiger partial charge on any atom is 0.410 e. The summed E-state index contributed by atoms with van der Waals surface area (Å²) in [5.74, 6) is -0.136. The Labute approximate surface area is 288 Å². The number of amides is 4. The lowest BCUT2D eigenvalue weighted by molar-refractivity contribution is -0.142. The number of hydrogen-bond acceptors (Lipinski definition) is 7. The van der Waals surface area contributed by atoms with Crippen molar-refractivity contribution in [2.45, 2.75) is 63.5 Å². The smallest absolute Gasteiger partial charge is 0.410 e. The van der Waals surface area contributed by atoms with E-state index in [0.29, 0.717) is 69.5 Å². The van der Waals surface area contributed by atoms with Gasteiger partial charge in [-0.1, -0.05) is 35.8 Å². The summed E-state index contributed by atoms with van der Waals surface area (Å²) >= 11 is 0. The Morgan fingerprint density at radius 1 is 0.918 bits per heavy atom. The average molecular weight is 672 g/mol. The highest BCUT2D eigenvalue weighted by atomic mass is 16.6. The standard InChI is InChI=1S/C36H46BN5O7/c37-29-21-24(5-6-31(29)43)22-32(34(46)40-16-8-25(9-17-40)27-7-14-39(23-27)15-13-33(44)45)49-36(48)41-18-11-28(12-19-41)42-20-10-26-3-1-2-4-30(26)38-35(42)47/h1-6,21,25,27-28,32,43H,7-20,22-23H2,(H,38,47)(H,44,45)/t27?,32-/m1/s1. The molecule has 4 amide bonds. The molecule has 1 unspecified atom stereocenters. The first-order valence-electron chi connectivity index (χ1n) is 17.6. The quantitative estimate of drug-likeness (QED) is 0.346. The van der Waals surface area contributed by atoms with E-state index in [0.717, 1.165) is 50.0 Å². The van der Waals surface area contributed by atoms with Crippen LogP contribution in [0.1, 0.15) is 49.7 Å². The minimum absolute atomic E-state index is 0.0128. The molecular formula is C36H46BN5O7. The van der Waals surface area contributed by atoms with E-state index < -0.39 is 18.2 Å². The summed E-state index contributed by atoms with van der Waals surface area (Å²) in [6.45, 7) is 4.90. The minimum atomic E-state index is -1.06. The van der Waals surface area contributed by atoms with Gasteiger partial charge in [0.15, 0.2) is 6.10 Å². The SMILES string of the molecule is [B]c1cc(C[C@@H](OC(=O)N2CCC(N3CCc4ccccc4NC3=O)CC2)C(=O)N2CCC(C3CCN(CCC(=O)O)C3)CC2)ccc1O. The summed E-state index contributed by atoms with van der Waals surface area (Å²) in [6.07, 6.45) is 3.35. The molecule has 49 heavy (non-hydrogen) atoms. The van der Waals surface area contributed by atoms with E-state index in [4.69, 9.17) is 17.7 Å². The molecule has 12 nitrogen and oxygen atoms in total. The van der Waals surface area contributed by atoms with Gasteiger partial charge in [0.2, 0.25) is 0 Å². The first-order valence-corrected chi connectivity index (χ1v) is 17.6. The fourth-order valence-electron chi connectivity index (χ4n) is 7.92. The van der Waals surface area contributed by atoms with Gasteiger partial charge in [0.1, 0.15) is 13.6 Å².